The molecule has 148 valence electrons. The Balaban J connectivity index is 1.82. The minimum absolute atomic E-state index is 0.0264. The predicted octanol–water partition coefficient (Wildman–Crippen LogP) is 1.98. The molecule has 0 bridgehead atoms. The first-order valence-corrected chi connectivity index (χ1v) is 8.99. The van der Waals surface area contributed by atoms with Crippen molar-refractivity contribution in [3.05, 3.63) is 42.5 Å². The zero-order chi connectivity index (χ0) is 20.5. The molecular weight excluding hydrogens is 372 g/mol. The second kappa shape index (κ2) is 7.19. The van der Waals surface area contributed by atoms with Crippen LogP contribution in [-0.2, 0) is 0 Å². The minimum atomic E-state index is -0.349. The van der Waals surface area contributed by atoms with Crippen LogP contribution >= 0.6 is 0 Å². The lowest BCUT2D eigenvalue weighted by molar-refractivity contribution is 0.237. The number of fused-ring (bicyclic) bond motifs is 1. The van der Waals surface area contributed by atoms with Crippen LogP contribution < -0.4 is 16.4 Å². The summed E-state index contributed by atoms with van der Waals surface area (Å²) in [6.07, 6.45) is 3.18. The number of anilines is 3. The Morgan fingerprint density at radius 2 is 1.97 bits per heavy atom. The first-order valence-electron chi connectivity index (χ1n) is 8.99. The van der Waals surface area contributed by atoms with Crippen molar-refractivity contribution in [3.8, 4) is 11.4 Å². The molecule has 0 aliphatic heterocycles. The Morgan fingerprint density at radius 1 is 1.14 bits per heavy atom. The number of carbonyl (C=O) groups excluding carboxylic acids is 1. The molecule has 4 N–H and O–H groups in total. The van der Waals surface area contributed by atoms with E-state index in [1.54, 1.807) is 35.8 Å². The fourth-order valence-electron chi connectivity index (χ4n) is 2.91. The van der Waals surface area contributed by atoms with Crippen LogP contribution in [0.3, 0.4) is 0 Å². The van der Waals surface area contributed by atoms with Crippen molar-refractivity contribution in [2.24, 2.45) is 0 Å². The van der Waals surface area contributed by atoms with Gasteiger partial charge in [-0.1, -0.05) is 0 Å². The standard InChI is InChI=1S/C18H20N10O/c1-10(2)22-18(29)28-15(6-8-21-28)26-17-16(12-9-13(19)24-11(3)23-12)27-14(25-17)5-4-7-20-27/h4-10,26H,1-3H3,(H,22,29)(H2,19,23,24). The summed E-state index contributed by atoms with van der Waals surface area (Å²) < 4.78 is 2.89. The van der Waals surface area contributed by atoms with E-state index in [9.17, 15) is 4.79 Å². The highest BCUT2D eigenvalue weighted by molar-refractivity contribution is 5.83. The van der Waals surface area contributed by atoms with Gasteiger partial charge in [0.25, 0.3) is 0 Å². The van der Waals surface area contributed by atoms with Crippen molar-refractivity contribution in [3.63, 3.8) is 0 Å². The second-order valence-electron chi connectivity index (χ2n) is 6.69. The summed E-state index contributed by atoms with van der Waals surface area (Å²) in [6.45, 7) is 5.51. The first kappa shape index (κ1) is 18.3. The summed E-state index contributed by atoms with van der Waals surface area (Å²) in [4.78, 5) is 25.6. The molecule has 0 aliphatic rings. The molecule has 0 spiro atoms. The van der Waals surface area contributed by atoms with Crippen LogP contribution in [0, 0.1) is 6.92 Å². The third kappa shape index (κ3) is 3.57. The summed E-state index contributed by atoms with van der Waals surface area (Å²) in [7, 11) is 0. The SMILES string of the molecule is Cc1nc(N)cc(-c2c(Nc3ccnn3C(=O)NC(C)C)nc3cccnn23)n1. The number of imidazole rings is 1. The molecule has 0 fully saturated rings. The maximum Gasteiger partial charge on any atom is 0.344 e. The number of nitrogens with zero attached hydrogens (tertiary/aromatic N) is 7. The van der Waals surface area contributed by atoms with Gasteiger partial charge in [-0.25, -0.2) is 24.3 Å². The zero-order valence-corrected chi connectivity index (χ0v) is 16.2. The Hall–Kier alpha value is -4.02. The van der Waals surface area contributed by atoms with Crippen LogP contribution in [0.5, 0.6) is 0 Å². The van der Waals surface area contributed by atoms with Gasteiger partial charge in [0, 0.05) is 24.4 Å². The van der Waals surface area contributed by atoms with Gasteiger partial charge in [-0.05, 0) is 32.9 Å². The number of nitrogens with one attached hydrogen (secondary N) is 2. The molecule has 11 nitrogen and oxygen atoms in total. The van der Waals surface area contributed by atoms with Gasteiger partial charge in [0.1, 0.15) is 23.2 Å². The minimum Gasteiger partial charge on any atom is -0.384 e. The number of aromatic nitrogens is 7. The third-order valence-corrected chi connectivity index (χ3v) is 3.99. The summed E-state index contributed by atoms with van der Waals surface area (Å²) in [5.41, 5.74) is 7.68. The maximum absolute atomic E-state index is 12.4. The van der Waals surface area contributed by atoms with E-state index in [2.05, 4.69) is 35.8 Å². The van der Waals surface area contributed by atoms with Gasteiger partial charge in [0.2, 0.25) is 0 Å². The summed E-state index contributed by atoms with van der Waals surface area (Å²) in [5.74, 6) is 1.77. The number of amides is 1. The Bertz CT molecular complexity index is 1170. The number of carbonyl (C=O) groups is 1. The molecule has 4 heterocycles. The van der Waals surface area contributed by atoms with Gasteiger partial charge in [-0.2, -0.15) is 14.9 Å². The Morgan fingerprint density at radius 3 is 2.72 bits per heavy atom. The van der Waals surface area contributed by atoms with Crippen molar-refractivity contribution in [2.75, 3.05) is 11.1 Å². The topological polar surface area (TPSA) is 141 Å². The Kier molecular flexibility index (Phi) is 4.55. The quantitative estimate of drug-likeness (QED) is 0.479. The van der Waals surface area contributed by atoms with E-state index in [1.807, 2.05) is 19.9 Å². The van der Waals surface area contributed by atoms with Crippen LogP contribution in [0.4, 0.5) is 22.2 Å². The fourth-order valence-corrected chi connectivity index (χ4v) is 2.91. The number of hydrogen-bond donors (Lipinski definition) is 3. The van der Waals surface area contributed by atoms with E-state index in [-0.39, 0.29) is 12.1 Å². The molecule has 0 saturated heterocycles. The molecule has 0 atom stereocenters. The largest absolute Gasteiger partial charge is 0.384 e. The van der Waals surface area contributed by atoms with Gasteiger partial charge in [0.15, 0.2) is 11.5 Å². The highest BCUT2D eigenvalue weighted by Gasteiger charge is 2.20. The first-order chi connectivity index (χ1) is 13.9. The monoisotopic (exact) mass is 392 g/mol. The lowest BCUT2D eigenvalue weighted by Gasteiger charge is -2.12. The van der Waals surface area contributed by atoms with Crippen LogP contribution in [0.15, 0.2) is 36.7 Å². The van der Waals surface area contributed by atoms with Gasteiger partial charge >= 0.3 is 6.03 Å². The molecule has 4 aromatic heterocycles. The molecule has 0 aromatic carbocycles. The molecule has 4 rings (SSSR count). The Labute approximate surface area is 166 Å². The molecule has 0 saturated carbocycles. The molecule has 0 aliphatic carbocycles. The zero-order valence-electron chi connectivity index (χ0n) is 16.2. The number of nitrogens with two attached hydrogens (primary N) is 1. The lowest BCUT2D eigenvalue weighted by atomic mass is 10.3. The fraction of sp³-hybridized carbons (Fsp3) is 0.222. The summed E-state index contributed by atoms with van der Waals surface area (Å²) in [5, 5.41) is 14.4. The molecule has 1 amide bonds. The molecule has 29 heavy (non-hydrogen) atoms. The highest BCUT2D eigenvalue weighted by Crippen LogP contribution is 2.30. The summed E-state index contributed by atoms with van der Waals surface area (Å²) in [6, 6.07) is 6.57. The number of nitrogen functional groups attached to an aromatic ring is 1. The molecule has 0 radical (unpaired) electrons. The van der Waals surface area contributed by atoms with Crippen molar-refractivity contribution in [1.82, 2.24) is 39.7 Å². The van der Waals surface area contributed by atoms with Crippen LogP contribution in [0.25, 0.3) is 17.0 Å². The van der Waals surface area contributed by atoms with Crippen molar-refractivity contribution in [1.29, 1.82) is 0 Å². The average molecular weight is 392 g/mol. The van der Waals surface area contributed by atoms with Gasteiger partial charge in [-0.15, -0.1) is 0 Å². The van der Waals surface area contributed by atoms with Crippen molar-refractivity contribution >= 4 is 29.1 Å². The van der Waals surface area contributed by atoms with E-state index < -0.39 is 0 Å². The second-order valence-corrected chi connectivity index (χ2v) is 6.69. The van der Waals surface area contributed by atoms with Gasteiger partial charge in [0.05, 0.1) is 11.9 Å². The third-order valence-electron chi connectivity index (χ3n) is 3.99. The summed E-state index contributed by atoms with van der Waals surface area (Å²) >= 11 is 0. The molecule has 11 heteroatoms. The number of hydrogen-bond acceptors (Lipinski definition) is 8. The van der Waals surface area contributed by atoms with Crippen LogP contribution in [-0.4, -0.2) is 46.4 Å². The number of rotatable bonds is 4. The lowest BCUT2D eigenvalue weighted by Crippen LogP contribution is -2.35. The normalized spacial score (nSPS) is 11.2. The van der Waals surface area contributed by atoms with Crippen molar-refractivity contribution in [2.45, 2.75) is 26.8 Å². The van der Waals surface area contributed by atoms with E-state index in [0.717, 1.165) is 0 Å². The maximum atomic E-state index is 12.4. The average Bonchev–Trinajstić information content (AvgIpc) is 3.24. The molecule has 4 aromatic rings. The number of aryl methyl sites for hydroxylation is 1. The predicted molar refractivity (Wildman–Crippen MR) is 108 cm³/mol. The molecule has 0 unspecified atom stereocenters. The van der Waals surface area contributed by atoms with Crippen LogP contribution in [0.1, 0.15) is 19.7 Å². The van der Waals surface area contributed by atoms with Crippen molar-refractivity contribution < 1.29 is 4.79 Å². The van der Waals surface area contributed by atoms with E-state index in [1.165, 1.54) is 10.9 Å². The van der Waals surface area contributed by atoms with Crippen LogP contribution in [0.2, 0.25) is 0 Å². The van der Waals surface area contributed by atoms with E-state index >= 15 is 0 Å². The smallest absolute Gasteiger partial charge is 0.344 e. The van der Waals surface area contributed by atoms with E-state index in [4.69, 9.17) is 5.73 Å². The molecular formula is C18H20N10O. The highest BCUT2D eigenvalue weighted by atomic mass is 16.2. The van der Waals surface area contributed by atoms with Gasteiger partial charge in [-0.3, -0.25) is 0 Å². The van der Waals surface area contributed by atoms with Gasteiger partial charge < -0.3 is 16.4 Å². The van der Waals surface area contributed by atoms with E-state index in [0.29, 0.717) is 40.3 Å².